The molecule has 2 rings (SSSR count). The Hall–Kier alpha value is -2.15. The molecule has 1 aromatic carbocycles. The molecule has 0 fully saturated rings. The minimum atomic E-state index is -0.401. The maximum Gasteiger partial charge on any atom is 0.292 e. The summed E-state index contributed by atoms with van der Waals surface area (Å²) in [6.45, 7) is 2.71. The molecule has 0 saturated heterocycles. The van der Waals surface area contributed by atoms with Crippen LogP contribution in [0.15, 0.2) is 41.1 Å². The molecular formula is C14H14BrN3O3. The van der Waals surface area contributed by atoms with Crippen LogP contribution in [0, 0.1) is 10.1 Å². The van der Waals surface area contributed by atoms with Gasteiger partial charge in [-0.25, -0.2) is 0 Å². The highest BCUT2D eigenvalue weighted by atomic mass is 79.9. The molecule has 1 heterocycles. The van der Waals surface area contributed by atoms with Gasteiger partial charge in [0, 0.05) is 28.8 Å². The van der Waals surface area contributed by atoms with Crippen molar-refractivity contribution in [1.29, 1.82) is 0 Å². The number of benzene rings is 1. The Morgan fingerprint density at radius 1 is 1.43 bits per heavy atom. The van der Waals surface area contributed by atoms with E-state index in [0.29, 0.717) is 18.0 Å². The van der Waals surface area contributed by atoms with E-state index in [1.807, 2.05) is 6.92 Å². The van der Waals surface area contributed by atoms with Gasteiger partial charge in [-0.3, -0.25) is 15.1 Å². The van der Waals surface area contributed by atoms with Crippen molar-refractivity contribution in [2.75, 3.05) is 11.9 Å². The Kier molecular flexibility index (Phi) is 5.10. The molecule has 0 aliphatic rings. The summed E-state index contributed by atoms with van der Waals surface area (Å²) in [6.07, 6.45) is 3.25. The topological polar surface area (TPSA) is 77.3 Å². The van der Waals surface area contributed by atoms with Crippen LogP contribution in [0.4, 0.5) is 11.4 Å². The van der Waals surface area contributed by atoms with Crippen LogP contribution in [0.25, 0.3) is 0 Å². The lowest BCUT2D eigenvalue weighted by molar-refractivity contribution is -0.384. The minimum absolute atomic E-state index is 0.0466. The first-order valence-corrected chi connectivity index (χ1v) is 7.14. The van der Waals surface area contributed by atoms with E-state index in [4.69, 9.17) is 4.74 Å². The van der Waals surface area contributed by atoms with Gasteiger partial charge in [0.1, 0.15) is 18.0 Å². The number of nitro groups is 1. The first-order chi connectivity index (χ1) is 10.1. The predicted molar refractivity (Wildman–Crippen MR) is 83.5 cm³/mol. The maximum absolute atomic E-state index is 11.1. The summed E-state index contributed by atoms with van der Waals surface area (Å²) in [7, 11) is 0. The lowest BCUT2D eigenvalue weighted by atomic mass is 10.1. The van der Waals surface area contributed by atoms with Crippen LogP contribution in [0.1, 0.15) is 12.5 Å². The van der Waals surface area contributed by atoms with Crippen LogP contribution < -0.4 is 10.1 Å². The van der Waals surface area contributed by atoms with E-state index in [1.165, 1.54) is 6.07 Å². The fourth-order valence-electron chi connectivity index (χ4n) is 1.87. The molecule has 6 nitrogen and oxygen atoms in total. The van der Waals surface area contributed by atoms with Crippen molar-refractivity contribution in [1.82, 2.24) is 4.98 Å². The number of nitrogens with one attached hydrogen (secondary N) is 1. The number of para-hydroxylation sites is 1. The van der Waals surface area contributed by atoms with Crippen molar-refractivity contribution in [2.24, 2.45) is 0 Å². The summed E-state index contributed by atoms with van der Waals surface area (Å²) in [4.78, 5) is 14.7. The molecule has 0 radical (unpaired) electrons. The molecule has 21 heavy (non-hydrogen) atoms. The normalized spacial score (nSPS) is 10.2. The summed E-state index contributed by atoms with van der Waals surface area (Å²) in [5.74, 6) is 0.596. The Balaban J connectivity index is 2.23. The summed E-state index contributed by atoms with van der Waals surface area (Å²) in [5.41, 5.74) is 1.27. The SMILES string of the molecule is CCNc1c(COc2cncc(Br)c2)cccc1[N+](=O)[O-]. The lowest BCUT2D eigenvalue weighted by Crippen LogP contribution is -2.07. The molecule has 1 N–H and O–H groups in total. The van der Waals surface area contributed by atoms with E-state index in [9.17, 15) is 10.1 Å². The molecule has 0 bridgehead atoms. The van der Waals surface area contributed by atoms with Gasteiger partial charge < -0.3 is 10.1 Å². The van der Waals surface area contributed by atoms with Crippen molar-refractivity contribution < 1.29 is 9.66 Å². The number of ether oxygens (including phenoxy) is 1. The van der Waals surface area contributed by atoms with Crippen LogP contribution in [-0.2, 0) is 6.61 Å². The number of halogens is 1. The van der Waals surface area contributed by atoms with Crippen LogP contribution in [-0.4, -0.2) is 16.5 Å². The molecule has 0 saturated carbocycles. The van der Waals surface area contributed by atoms with Gasteiger partial charge in [-0.05, 0) is 28.9 Å². The van der Waals surface area contributed by atoms with Gasteiger partial charge in [0.2, 0.25) is 0 Å². The number of aromatic nitrogens is 1. The Bertz CT molecular complexity index is 649. The van der Waals surface area contributed by atoms with Crippen molar-refractivity contribution in [3.05, 3.63) is 56.8 Å². The summed E-state index contributed by atoms with van der Waals surface area (Å²) >= 11 is 3.31. The molecule has 0 atom stereocenters. The number of pyridine rings is 1. The van der Waals surface area contributed by atoms with E-state index in [-0.39, 0.29) is 12.3 Å². The third-order valence-corrected chi connectivity index (χ3v) is 3.19. The Morgan fingerprint density at radius 3 is 2.90 bits per heavy atom. The zero-order valence-electron chi connectivity index (χ0n) is 11.4. The minimum Gasteiger partial charge on any atom is -0.487 e. The van der Waals surface area contributed by atoms with Crippen molar-refractivity contribution in [2.45, 2.75) is 13.5 Å². The number of anilines is 1. The molecular weight excluding hydrogens is 338 g/mol. The van der Waals surface area contributed by atoms with E-state index >= 15 is 0 Å². The van der Waals surface area contributed by atoms with E-state index in [1.54, 1.807) is 30.6 Å². The second kappa shape index (κ2) is 7.03. The predicted octanol–water partition coefficient (Wildman–Crippen LogP) is 3.76. The Morgan fingerprint density at radius 2 is 2.24 bits per heavy atom. The molecule has 0 aliphatic carbocycles. The standard InChI is InChI=1S/C14H14BrN3O3/c1-2-17-14-10(4-3-5-13(14)18(19)20)9-21-12-6-11(15)7-16-8-12/h3-8,17H,2,9H2,1H3. The van der Waals surface area contributed by atoms with Gasteiger partial charge in [-0.2, -0.15) is 0 Å². The number of rotatable bonds is 6. The third-order valence-electron chi connectivity index (χ3n) is 2.75. The lowest BCUT2D eigenvalue weighted by Gasteiger charge is -2.12. The largest absolute Gasteiger partial charge is 0.487 e. The van der Waals surface area contributed by atoms with E-state index in [2.05, 4.69) is 26.2 Å². The van der Waals surface area contributed by atoms with Crippen LogP contribution in [0.3, 0.4) is 0 Å². The third kappa shape index (κ3) is 3.91. The number of nitro benzene ring substituents is 1. The van der Waals surface area contributed by atoms with Crippen LogP contribution >= 0.6 is 15.9 Å². The van der Waals surface area contributed by atoms with Crippen LogP contribution in [0.5, 0.6) is 5.75 Å². The second-order valence-corrected chi connectivity index (χ2v) is 5.14. The van der Waals surface area contributed by atoms with Gasteiger partial charge in [0.15, 0.2) is 0 Å². The first-order valence-electron chi connectivity index (χ1n) is 6.35. The van der Waals surface area contributed by atoms with Crippen LogP contribution in [0.2, 0.25) is 0 Å². The molecule has 7 heteroatoms. The highest BCUT2D eigenvalue weighted by molar-refractivity contribution is 9.10. The fourth-order valence-corrected chi connectivity index (χ4v) is 2.22. The maximum atomic E-state index is 11.1. The summed E-state index contributed by atoms with van der Waals surface area (Å²) in [5, 5.41) is 14.1. The zero-order chi connectivity index (χ0) is 15.2. The van der Waals surface area contributed by atoms with Gasteiger partial charge in [0.05, 0.1) is 11.1 Å². The second-order valence-electron chi connectivity index (χ2n) is 4.23. The number of hydrogen-bond donors (Lipinski definition) is 1. The molecule has 1 aromatic heterocycles. The Labute approximate surface area is 130 Å². The quantitative estimate of drug-likeness (QED) is 0.633. The molecule has 2 aromatic rings. The van der Waals surface area contributed by atoms with E-state index < -0.39 is 4.92 Å². The summed E-state index contributed by atoms with van der Waals surface area (Å²) in [6, 6.07) is 6.71. The average molecular weight is 352 g/mol. The molecule has 0 amide bonds. The smallest absolute Gasteiger partial charge is 0.292 e. The fraction of sp³-hybridized carbons (Fsp3) is 0.214. The van der Waals surface area contributed by atoms with E-state index in [0.717, 1.165) is 10.0 Å². The van der Waals surface area contributed by atoms with Crippen molar-refractivity contribution in [3.8, 4) is 5.75 Å². The highest BCUT2D eigenvalue weighted by Gasteiger charge is 2.17. The molecule has 0 spiro atoms. The molecule has 0 unspecified atom stereocenters. The van der Waals surface area contributed by atoms with Gasteiger partial charge in [-0.1, -0.05) is 12.1 Å². The number of nitrogens with zero attached hydrogens (tertiary/aromatic N) is 2. The van der Waals surface area contributed by atoms with Crippen molar-refractivity contribution in [3.63, 3.8) is 0 Å². The van der Waals surface area contributed by atoms with Gasteiger partial charge in [0.25, 0.3) is 5.69 Å². The zero-order valence-corrected chi connectivity index (χ0v) is 13.0. The number of hydrogen-bond acceptors (Lipinski definition) is 5. The van der Waals surface area contributed by atoms with Gasteiger partial charge in [-0.15, -0.1) is 0 Å². The van der Waals surface area contributed by atoms with Gasteiger partial charge >= 0.3 is 0 Å². The summed E-state index contributed by atoms with van der Waals surface area (Å²) < 4.78 is 6.45. The first kappa shape index (κ1) is 15.2. The monoisotopic (exact) mass is 351 g/mol. The average Bonchev–Trinajstić information content (AvgIpc) is 2.46. The highest BCUT2D eigenvalue weighted by Crippen LogP contribution is 2.29. The molecule has 0 aliphatic heterocycles. The van der Waals surface area contributed by atoms with Crippen molar-refractivity contribution >= 4 is 27.3 Å². The molecule has 110 valence electrons.